The monoisotopic (exact) mass is 334 g/mol. The Kier molecular flexibility index (Phi) is 5.33. The van der Waals surface area contributed by atoms with Gasteiger partial charge in [0.25, 0.3) is 0 Å². The number of nitrogens with two attached hydrogens (primary N) is 1. The minimum Gasteiger partial charge on any atom is -0.444 e. The van der Waals surface area contributed by atoms with Gasteiger partial charge in [0.15, 0.2) is 0 Å². The maximum atomic E-state index is 11.9. The lowest BCUT2D eigenvalue weighted by Crippen LogP contribution is -2.60. The SMILES string of the molecule is CC(NC1CN(C(=O)OC(C)(C)C)C1)c1ccc(NC(N)=O)cc1. The Morgan fingerprint density at radius 1 is 1.25 bits per heavy atom. The molecule has 1 aromatic rings. The third-order valence-corrected chi connectivity index (χ3v) is 3.70. The molecule has 1 heterocycles. The fourth-order valence-corrected chi connectivity index (χ4v) is 2.51. The van der Waals surface area contributed by atoms with E-state index in [0.29, 0.717) is 18.8 Å². The highest BCUT2D eigenvalue weighted by atomic mass is 16.6. The third kappa shape index (κ3) is 5.13. The van der Waals surface area contributed by atoms with E-state index >= 15 is 0 Å². The maximum Gasteiger partial charge on any atom is 0.410 e. The van der Waals surface area contributed by atoms with Crippen LogP contribution in [0, 0.1) is 0 Å². The summed E-state index contributed by atoms with van der Waals surface area (Å²) in [7, 11) is 0. The zero-order chi connectivity index (χ0) is 17.9. The topological polar surface area (TPSA) is 96.7 Å². The number of nitrogens with one attached hydrogen (secondary N) is 2. The Balaban J connectivity index is 1.79. The van der Waals surface area contributed by atoms with Crippen molar-refractivity contribution in [2.24, 2.45) is 5.73 Å². The number of urea groups is 1. The van der Waals surface area contributed by atoms with Crippen LogP contribution in [0.4, 0.5) is 15.3 Å². The Morgan fingerprint density at radius 2 is 1.83 bits per heavy atom. The molecular weight excluding hydrogens is 308 g/mol. The van der Waals surface area contributed by atoms with E-state index in [1.165, 1.54) is 0 Å². The number of likely N-dealkylation sites (tertiary alicyclic amines) is 1. The summed E-state index contributed by atoms with van der Waals surface area (Å²) in [4.78, 5) is 24.4. The summed E-state index contributed by atoms with van der Waals surface area (Å²) >= 11 is 0. The summed E-state index contributed by atoms with van der Waals surface area (Å²) in [5.74, 6) is 0. The summed E-state index contributed by atoms with van der Waals surface area (Å²) in [6, 6.07) is 7.30. The first kappa shape index (κ1) is 18.1. The van der Waals surface area contributed by atoms with Crippen LogP contribution in [0.3, 0.4) is 0 Å². The van der Waals surface area contributed by atoms with E-state index < -0.39 is 11.6 Å². The van der Waals surface area contributed by atoms with Gasteiger partial charge >= 0.3 is 12.1 Å². The molecule has 4 N–H and O–H groups in total. The van der Waals surface area contributed by atoms with Crippen LogP contribution in [0.15, 0.2) is 24.3 Å². The molecule has 1 unspecified atom stereocenters. The zero-order valence-electron chi connectivity index (χ0n) is 14.6. The van der Waals surface area contributed by atoms with Crippen molar-refractivity contribution < 1.29 is 14.3 Å². The maximum absolute atomic E-state index is 11.9. The smallest absolute Gasteiger partial charge is 0.410 e. The van der Waals surface area contributed by atoms with E-state index in [-0.39, 0.29) is 18.2 Å². The molecule has 0 bridgehead atoms. The van der Waals surface area contributed by atoms with Crippen LogP contribution in [0.2, 0.25) is 0 Å². The van der Waals surface area contributed by atoms with E-state index in [9.17, 15) is 9.59 Å². The average Bonchev–Trinajstić information content (AvgIpc) is 2.40. The van der Waals surface area contributed by atoms with Crippen molar-refractivity contribution in [1.82, 2.24) is 10.2 Å². The van der Waals surface area contributed by atoms with Gasteiger partial charge in [0, 0.05) is 30.9 Å². The fourth-order valence-electron chi connectivity index (χ4n) is 2.51. The second-order valence-electron chi connectivity index (χ2n) is 7.08. The molecule has 1 atom stereocenters. The molecular formula is C17H26N4O3. The first-order valence-electron chi connectivity index (χ1n) is 8.04. The number of ether oxygens (including phenoxy) is 1. The molecule has 0 spiro atoms. The first-order valence-corrected chi connectivity index (χ1v) is 8.04. The lowest BCUT2D eigenvalue weighted by molar-refractivity contribution is 0.00434. The number of primary amides is 1. The van der Waals surface area contributed by atoms with Crippen LogP contribution in [0.5, 0.6) is 0 Å². The predicted octanol–water partition coefficient (Wildman–Crippen LogP) is 2.45. The van der Waals surface area contributed by atoms with Gasteiger partial charge in [0.05, 0.1) is 0 Å². The van der Waals surface area contributed by atoms with Gasteiger partial charge in [-0.2, -0.15) is 0 Å². The molecule has 1 aliphatic rings. The van der Waals surface area contributed by atoms with Crippen molar-refractivity contribution in [3.8, 4) is 0 Å². The highest BCUT2D eigenvalue weighted by molar-refractivity contribution is 5.87. The number of hydrogen-bond acceptors (Lipinski definition) is 4. The number of anilines is 1. The van der Waals surface area contributed by atoms with E-state index in [4.69, 9.17) is 10.5 Å². The Hall–Kier alpha value is -2.28. The van der Waals surface area contributed by atoms with Gasteiger partial charge in [-0.15, -0.1) is 0 Å². The lowest BCUT2D eigenvalue weighted by atomic mass is 10.0. The quantitative estimate of drug-likeness (QED) is 0.788. The van der Waals surface area contributed by atoms with Crippen LogP contribution in [0.1, 0.15) is 39.3 Å². The van der Waals surface area contributed by atoms with Gasteiger partial charge in [-0.25, -0.2) is 9.59 Å². The number of benzene rings is 1. The molecule has 7 nitrogen and oxygen atoms in total. The van der Waals surface area contributed by atoms with E-state index in [1.807, 2.05) is 45.0 Å². The van der Waals surface area contributed by atoms with Crippen LogP contribution in [-0.2, 0) is 4.74 Å². The Labute approximate surface area is 142 Å². The number of rotatable bonds is 4. The second-order valence-corrected chi connectivity index (χ2v) is 7.08. The highest BCUT2D eigenvalue weighted by Crippen LogP contribution is 2.20. The van der Waals surface area contributed by atoms with Gasteiger partial charge in [0.2, 0.25) is 0 Å². The minimum atomic E-state index is -0.578. The highest BCUT2D eigenvalue weighted by Gasteiger charge is 2.34. The zero-order valence-corrected chi connectivity index (χ0v) is 14.6. The van der Waals surface area contributed by atoms with Crippen LogP contribution >= 0.6 is 0 Å². The standard InChI is InChI=1S/C17H26N4O3/c1-11(12-5-7-13(8-6-12)20-15(18)22)19-14-9-21(10-14)16(23)24-17(2,3)4/h5-8,11,14,19H,9-10H2,1-4H3,(H3,18,20,22). The van der Waals surface area contributed by atoms with Gasteiger partial charge in [-0.3, -0.25) is 0 Å². The van der Waals surface area contributed by atoms with Crippen molar-refractivity contribution in [2.75, 3.05) is 18.4 Å². The van der Waals surface area contributed by atoms with Crippen LogP contribution < -0.4 is 16.4 Å². The van der Waals surface area contributed by atoms with Crippen molar-refractivity contribution in [2.45, 2.75) is 45.4 Å². The largest absolute Gasteiger partial charge is 0.444 e. The summed E-state index contributed by atoms with van der Waals surface area (Å²) in [5.41, 5.74) is 6.38. The predicted molar refractivity (Wildman–Crippen MR) is 92.8 cm³/mol. The Morgan fingerprint density at radius 3 is 2.33 bits per heavy atom. The van der Waals surface area contributed by atoms with Crippen LogP contribution in [-0.4, -0.2) is 41.8 Å². The van der Waals surface area contributed by atoms with E-state index in [1.54, 1.807) is 4.90 Å². The van der Waals surface area contributed by atoms with Gasteiger partial charge < -0.3 is 26.0 Å². The van der Waals surface area contributed by atoms with E-state index in [2.05, 4.69) is 17.6 Å². The molecule has 24 heavy (non-hydrogen) atoms. The summed E-state index contributed by atoms with van der Waals surface area (Å²) in [5, 5.41) is 6.01. The fraction of sp³-hybridized carbons (Fsp3) is 0.529. The third-order valence-electron chi connectivity index (χ3n) is 3.70. The van der Waals surface area contributed by atoms with Gasteiger partial charge in [0.1, 0.15) is 5.60 Å². The number of hydrogen-bond donors (Lipinski definition) is 3. The minimum absolute atomic E-state index is 0.137. The molecule has 1 fully saturated rings. The number of amides is 3. The molecule has 1 saturated heterocycles. The Bertz CT molecular complexity index is 589. The second kappa shape index (κ2) is 7.09. The molecule has 1 aromatic carbocycles. The molecule has 132 valence electrons. The molecule has 0 saturated carbocycles. The molecule has 2 rings (SSSR count). The van der Waals surface area contributed by atoms with Crippen molar-refractivity contribution in [3.05, 3.63) is 29.8 Å². The van der Waals surface area contributed by atoms with Crippen molar-refractivity contribution in [3.63, 3.8) is 0 Å². The summed E-state index contributed by atoms with van der Waals surface area (Å²) < 4.78 is 5.34. The number of nitrogens with zero attached hydrogens (tertiary/aromatic N) is 1. The van der Waals surface area contributed by atoms with Crippen LogP contribution in [0.25, 0.3) is 0 Å². The molecule has 3 amide bonds. The molecule has 0 radical (unpaired) electrons. The lowest BCUT2D eigenvalue weighted by Gasteiger charge is -2.41. The summed E-state index contributed by atoms with van der Waals surface area (Å²) in [6.45, 7) is 8.92. The van der Waals surface area contributed by atoms with Gasteiger partial charge in [-0.05, 0) is 45.4 Å². The summed E-state index contributed by atoms with van der Waals surface area (Å²) in [6.07, 6.45) is -0.268. The van der Waals surface area contributed by atoms with Gasteiger partial charge in [-0.1, -0.05) is 12.1 Å². The first-order chi connectivity index (χ1) is 11.1. The van der Waals surface area contributed by atoms with Crippen molar-refractivity contribution in [1.29, 1.82) is 0 Å². The normalized spacial score (nSPS) is 16.2. The molecule has 0 aliphatic carbocycles. The molecule has 1 aliphatic heterocycles. The molecule has 7 heteroatoms. The van der Waals surface area contributed by atoms with Crippen molar-refractivity contribution >= 4 is 17.8 Å². The number of carbonyl (C=O) groups is 2. The van der Waals surface area contributed by atoms with E-state index in [0.717, 1.165) is 5.56 Å². The average molecular weight is 334 g/mol. The molecule has 0 aromatic heterocycles. The number of carbonyl (C=O) groups excluding carboxylic acids is 2.